The van der Waals surface area contributed by atoms with Gasteiger partial charge in [0, 0.05) is 21.0 Å². The van der Waals surface area contributed by atoms with Crippen molar-refractivity contribution in [3.8, 4) is 0 Å². The third-order valence-electron chi connectivity index (χ3n) is 8.04. The summed E-state index contributed by atoms with van der Waals surface area (Å²) in [5, 5.41) is 3.94. The molecule has 3 amide bonds. The lowest BCUT2D eigenvalue weighted by molar-refractivity contribution is -0.137. The van der Waals surface area contributed by atoms with Crippen molar-refractivity contribution < 1.29 is 27.6 Å². The van der Waals surface area contributed by atoms with Gasteiger partial charge in [0.25, 0.3) is 0 Å². The monoisotopic (exact) mass is 723 g/mol. The van der Waals surface area contributed by atoms with E-state index in [0.717, 1.165) is 46.0 Å². The number of imide groups is 1. The third kappa shape index (κ3) is 5.25. The van der Waals surface area contributed by atoms with E-state index in [1.54, 1.807) is 30.3 Å². The van der Waals surface area contributed by atoms with Gasteiger partial charge in [-0.25, -0.2) is 4.90 Å². The normalized spacial score (nSPS) is 19.3. The minimum absolute atomic E-state index is 0.335. The number of halogens is 4. The van der Waals surface area contributed by atoms with E-state index < -0.39 is 57.1 Å². The fourth-order valence-corrected chi connectivity index (χ4v) is 9.26. The summed E-state index contributed by atoms with van der Waals surface area (Å²) in [6.45, 7) is -0.365. The molecule has 7 nitrogen and oxygen atoms in total. The molecule has 2 aliphatic heterocycles. The maximum Gasteiger partial charge on any atom is 0.418 e. The Bertz CT molecular complexity index is 2130. The Kier molecular flexibility index (Phi) is 7.65. The Labute approximate surface area is 276 Å². The molecule has 2 aliphatic rings. The zero-order valence-corrected chi connectivity index (χ0v) is 26.7. The zero-order chi connectivity index (χ0) is 32.3. The van der Waals surface area contributed by atoms with Crippen LogP contribution in [0.2, 0.25) is 0 Å². The molecule has 232 valence electrons. The van der Waals surface area contributed by atoms with Gasteiger partial charge in [0.1, 0.15) is 11.8 Å². The number of para-hydroxylation sites is 1. The third-order valence-corrected chi connectivity index (χ3v) is 11.1. The predicted octanol–water partition coefficient (Wildman–Crippen LogP) is 7.28. The number of nitrogens with one attached hydrogen (secondary N) is 1. The van der Waals surface area contributed by atoms with Gasteiger partial charge in [-0.3, -0.25) is 23.7 Å². The molecule has 1 aromatic heterocycles. The van der Waals surface area contributed by atoms with Crippen molar-refractivity contribution in [2.45, 2.75) is 28.9 Å². The molecular weight excluding hydrogens is 703 g/mol. The number of fused-ring (bicyclic) bond motifs is 3. The van der Waals surface area contributed by atoms with Crippen molar-refractivity contribution >= 4 is 78.9 Å². The average molecular weight is 725 g/mol. The van der Waals surface area contributed by atoms with E-state index >= 15 is 0 Å². The first kappa shape index (κ1) is 30.5. The highest BCUT2D eigenvalue weighted by Crippen LogP contribution is 2.54. The first-order chi connectivity index (χ1) is 22.0. The number of nitrogens with zero attached hydrogens (tertiary/aromatic N) is 2. The molecule has 0 saturated carbocycles. The van der Waals surface area contributed by atoms with E-state index in [1.807, 2.05) is 36.4 Å². The van der Waals surface area contributed by atoms with E-state index in [1.165, 1.54) is 16.7 Å². The van der Waals surface area contributed by atoms with Gasteiger partial charge in [0.05, 0.1) is 22.2 Å². The van der Waals surface area contributed by atoms with Crippen LogP contribution in [0.1, 0.15) is 21.9 Å². The SMILES string of the molecule is O=C(Cn1c2c(sc1=O)[C@H](c1cccc(Br)c1)C1C(=O)N(c3ccccc3C(F)(F)F)C(=O)C1S2)Nc1ccc2ccccc2c1. The molecule has 0 radical (unpaired) electrons. The van der Waals surface area contributed by atoms with Crippen LogP contribution in [0.25, 0.3) is 10.8 Å². The van der Waals surface area contributed by atoms with Gasteiger partial charge in [0.2, 0.25) is 17.7 Å². The van der Waals surface area contributed by atoms with Crippen LogP contribution < -0.4 is 15.1 Å². The van der Waals surface area contributed by atoms with E-state index in [-0.39, 0.29) is 6.54 Å². The van der Waals surface area contributed by atoms with Gasteiger partial charge in [0.15, 0.2) is 0 Å². The number of alkyl halides is 3. The first-order valence-corrected chi connectivity index (χ1v) is 16.5. The molecule has 3 atom stereocenters. The fourth-order valence-electron chi connectivity index (χ4n) is 6.07. The Morgan fingerprint density at radius 3 is 2.37 bits per heavy atom. The number of benzene rings is 4. The molecule has 4 aromatic carbocycles. The highest BCUT2D eigenvalue weighted by Gasteiger charge is 2.57. The van der Waals surface area contributed by atoms with Gasteiger partial charge in [-0.05, 0) is 52.7 Å². The molecular formula is C33H21BrF3N3O4S2. The average Bonchev–Trinajstić information content (AvgIpc) is 3.46. The number of hydrogen-bond donors (Lipinski definition) is 1. The van der Waals surface area contributed by atoms with Crippen LogP contribution in [-0.4, -0.2) is 27.5 Å². The van der Waals surface area contributed by atoms with E-state index in [9.17, 15) is 32.3 Å². The van der Waals surface area contributed by atoms with Crippen molar-refractivity contribution in [2.75, 3.05) is 10.2 Å². The number of rotatable bonds is 5. The Hall–Kier alpha value is -4.20. The lowest BCUT2D eigenvalue weighted by atomic mass is 9.83. The van der Waals surface area contributed by atoms with E-state index in [0.29, 0.717) is 30.5 Å². The summed E-state index contributed by atoms with van der Waals surface area (Å²) in [6, 6.07) is 24.6. The summed E-state index contributed by atoms with van der Waals surface area (Å²) in [7, 11) is 0. The highest BCUT2D eigenvalue weighted by molar-refractivity contribution is 9.10. The number of thioether (sulfide) groups is 1. The Morgan fingerprint density at radius 2 is 1.61 bits per heavy atom. The summed E-state index contributed by atoms with van der Waals surface area (Å²) in [4.78, 5) is 55.3. The van der Waals surface area contributed by atoms with Crippen LogP contribution >= 0.6 is 39.0 Å². The second-order valence-corrected chi connectivity index (χ2v) is 13.9. The zero-order valence-electron chi connectivity index (χ0n) is 23.5. The van der Waals surface area contributed by atoms with Crippen LogP contribution in [0.4, 0.5) is 24.5 Å². The van der Waals surface area contributed by atoms with Crippen LogP contribution in [0.5, 0.6) is 0 Å². The molecule has 5 aromatic rings. The summed E-state index contributed by atoms with van der Waals surface area (Å²) in [5.74, 6) is -3.97. The fraction of sp³-hybridized carbons (Fsp3) is 0.152. The van der Waals surface area contributed by atoms with Crippen molar-refractivity contribution in [3.05, 3.63) is 121 Å². The number of hydrogen-bond acceptors (Lipinski definition) is 6. The number of aromatic nitrogens is 1. The molecule has 0 spiro atoms. The lowest BCUT2D eigenvalue weighted by Gasteiger charge is -2.30. The number of carbonyl (C=O) groups excluding carboxylic acids is 3. The second-order valence-electron chi connectivity index (χ2n) is 10.9. The number of anilines is 2. The van der Waals surface area contributed by atoms with Gasteiger partial charge >= 0.3 is 11.0 Å². The van der Waals surface area contributed by atoms with Gasteiger partial charge < -0.3 is 5.32 Å². The molecule has 13 heteroatoms. The summed E-state index contributed by atoms with van der Waals surface area (Å²) in [6.07, 6.45) is -4.81. The Balaban J connectivity index is 1.28. The summed E-state index contributed by atoms with van der Waals surface area (Å²) in [5.41, 5.74) is -0.497. The summed E-state index contributed by atoms with van der Waals surface area (Å²) < 4.78 is 43.9. The standard InChI is InChI=1S/C33H21BrF3N3O4S2/c34-20-9-5-8-19(14-20)25-26-27(30(43)40(29(26)42)23-11-4-3-10-22(23)33(35,36)37)45-31-28(25)46-32(44)39(31)16-24(41)38-21-13-12-17-6-1-2-7-18(17)15-21/h1-15,25-27H,16H2,(H,38,41)/t25-,26?,27?/m1/s1. The van der Waals surface area contributed by atoms with Crippen molar-refractivity contribution in [2.24, 2.45) is 5.92 Å². The first-order valence-electron chi connectivity index (χ1n) is 14.0. The van der Waals surface area contributed by atoms with Crippen molar-refractivity contribution in [3.63, 3.8) is 0 Å². The largest absolute Gasteiger partial charge is 0.418 e. The van der Waals surface area contributed by atoms with Crippen LogP contribution in [0.3, 0.4) is 0 Å². The molecule has 46 heavy (non-hydrogen) atoms. The molecule has 1 N–H and O–H groups in total. The van der Waals surface area contributed by atoms with Crippen LogP contribution in [-0.2, 0) is 27.1 Å². The van der Waals surface area contributed by atoms with E-state index in [4.69, 9.17) is 0 Å². The molecule has 1 saturated heterocycles. The maximum atomic E-state index is 14.0. The van der Waals surface area contributed by atoms with E-state index in [2.05, 4.69) is 21.2 Å². The van der Waals surface area contributed by atoms with Gasteiger partial charge in [-0.1, -0.05) is 93.6 Å². The smallest absolute Gasteiger partial charge is 0.325 e. The molecule has 3 heterocycles. The van der Waals surface area contributed by atoms with Crippen LogP contribution in [0, 0.1) is 5.92 Å². The molecule has 2 unspecified atom stereocenters. The van der Waals surface area contributed by atoms with Crippen molar-refractivity contribution in [1.82, 2.24) is 4.57 Å². The predicted molar refractivity (Wildman–Crippen MR) is 174 cm³/mol. The second kappa shape index (κ2) is 11.6. The van der Waals surface area contributed by atoms with Crippen molar-refractivity contribution in [1.29, 1.82) is 0 Å². The molecule has 0 bridgehead atoms. The summed E-state index contributed by atoms with van der Waals surface area (Å²) >= 11 is 5.24. The minimum Gasteiger partial charge on any atom is -0.325 e. The molecule has 1 fully saturated rings. The minimum atomic E-state index is -4.81. The highest BCUT2D eigenvalue weighted by atomic mass is 79.9. The van der Waals surface area contributed by atoms with Crippen LogP contribution in [0.15, 0.2) is 105 Å². The topological polar surface area (TPSA) is 88.5 Å². The Morgan fingerprint density at radius 1 is 0.870 bits per heavy atom. The number of carbonyl (C=O) groups is 3. The van der Waals surface area contributed by atoms with Gasteiger partial charge in [-0.15, -0.1) is 0 Å². The number of thiazole rings is 1. The molecule has 7 rings (SSSR count). The van der Waals surface area contributed by atoms with Gasteiger partial charge in [-0.2, -0.15) is 13.2 Å². The molecule has 0 aliphatic carbocycles. The quantitative estimate of drug-likeness (QED) is 0.193. The lowest BCUT2D eigenvalue weighted by Crippen LogP contribution is -2.33. The number of amides is 3. The maximum absolute atomic E-state index is 14.0.